The summed E-state index contributed by atoms with van der Waals surface area (Å²) >= 11 is 0. The number of hydrogen-bond acceptors (Lipinski definition) is 1. The summed E-state index contributed by atoms with van der Waals surface area (Å²) in [6, 6.07) is 3.94. The molecule has 0 saturated heterocycles. The highest BCUT2D eigenvalue weighted by Gasteiger charge is 1.90. The number of furan rings is 1. The van der Waals surface area contributed by atoms with Gasteiger partial charge in [-0.05, 0) is 36.8 Å². The van der Waals surface area contributed by atoms with Crippen molar-refractivity contribution in [3.05, 3.63) is 34.6 Å². The lowest BCUT2D eigenvalue weighted by molar-refractivity contribution is 0.503. The summed E-state index contributed by atoms with van der Waals surface area (Å²) in [4.78, 5) is 0. The average molecular weight is 132 g/mol. The molecule has 0 spiro atoms. The molecule has 0 saturated carbocycles. The first-order valence-corrected chi connectivity index (χ1v) is 3.31. The van der Waals surface area contributed by atoms with Crippen LogP contribution in [-0.4, -0.2) is 0 Å². The van der Waals surface area contributed by atoms with Crippen LogP contribution in [0.3, 0.4) is 0 Å². The Balaban J connectivity index is 2.86. The summed E-state index contributed by atoms with van der Waals surface area (Å²) in [5, 5.41) is 0. The summed E-state index contributed by atoms with van der Waals surface area (Å²) in [6.07, 6.45) is 6.04. The molecule has 0 aliphatic carbocycles. The van der Waals surface area contributed by atoms with E-state index in [0.29, 0.717) is 0 Å². The highest BCUT2D eigenvalue weighted by Crippen LogP contribution is 1.96. The fourth-order valence-electron chi connectivity index (χ4n) is 1.02. The molecule has 2 heterocycles. The zero-order chi connectivity index (χ0) is 6.97. The lowest BCUT2D eigenvalue weighted by Gasteiger charge is -1.81. The Hall–Kier alpha value is -1.24. The standard InChI is InChI=1S/C9H8O/c1-7-2-3-8-4-5-9(6-7)10-8/h2-6H,1H3. The summed E-state index contributed by atoms with van der Waals surface area (Å²) in [6.45, 7) is 2.06. The van der Waals surface area contributed by atoms with Crippen LogP contribution in [0.1, 0.15) is 6.92 Å². The topological polar surface area (TPSA) is 13.1 Å². The minimum absolute atomic E-state index is 0.933. The van der Waals surface area contributed by atoms with Crippen molar-refractivity contribution in [2.45, 2.75) is 6.92 Å². The molecule has 2 rings (SSSR count). The Kier molecular flexibility index (Phi) is 1.04. The Bertz CT molecular complexity index is 379. The summed E-state index contributed by atoms with van der Waals surface area (Å²) in [7, 11) is 0. The van der Waals surface area contributed by atoms with Gasteiger partial charge < -0.3 is 4.42 Å². The maximum atomic E-state index is 5.35. The van der Waals surface area contributed by atoms with Gasteiger partial charge in [-0.25, -0.2) is 0 Å². The molecule has 0 amide bonds. The van der Waals surface area contributed by atoms with E-state index in [1.54, 1.807) is 0 Å². The molecule has 1 aliphatic heterocycles. The molecular weight excluding hydrogens is 124 g/mol. The third-order valence-electron chi connectivity index (χ3n) is 1.53. The molecule has 0 aromatic carbocycles. The van der Waals surface area contributed by atoms with Crippen LogP contribution < -0.4 is 10.8 Å². The highest BCUT2D eigenvalue weighted by atomic mass is 16.3. The van der Waals surface area contributed by atoms with Gasteiger partial charge in [0.15, 0.2) is 0 Å². The molecule has 1 aromatic heterocycles. The number of allylic oxidation sites excluding steroid dienone is 2. The van der Waals surface area contributed by atoms with Gasteiger partial charge in [0.2, 0.25) is 0 Å². The third-order valence-corrected chi connectivity index (χ3v) is 1.53. The molecule has 0 radical (unpaired) electrons. The second-order valence-electron chi connectivity index (χ2n) is 2.46. The van der Waals surface area contributed by atoms with Gasteiger partial charge >= 0.3 is 0 Å². The molecule has 1 aliphatic rings. The minimum atomic E-state index is 0.933. The van der Waals surface area contributed by atoms with Crippen molar-refractivity contribution in [1.29, 1.82) is 0 Å². The smallest absolute Gasteiger partial charge is 0.127 e. The van der Waals surface area contributed by atoms with E-state index in [2.05, 4.69) is 6.92 Å². The van der Waals surface area contributed by atoms with Crippen molar-refractivity contribution >= 4 is 12.2 Å². The summed E-state index contributed by atoms with van der Waals surface area (Å²) in [5.41, 5.74) is 3.11. The SMILES string of the molecule is CC1=CC=c2ccc(o2)=C1. The van der Waals surface area contributed by atoms with Gasteiger partial charge in [-0.1, -0.05) is 6.08 Å². The van der Waals surface area contributed by atoms with Crippen LogP contribution in [0.4, 0.5) is 0 Å². The zero-order valence-electron chi connectivity index (χ0n) is 5.79. The van der Waals surface area contributed by atoms with Gasteiger partial charge in [-0.15, -0.1) is 0 Å². The van der Waals surface area contributed by atoms with Crippen molar-refractivity contribution in [2.75, 3.05) is 0 Å². The molecule has 0 atom stereocenters. The van der Waals surface area contributed by atoms with Crippen molar-refractivity contribution < 1.29 is 4.42 Å². The Labute approximate surface area is 59.0 Å². The highest BCUT2D eigenvalue weighted by molar-refractivity contribution is 5.52. The van der Waals surface area contributed by atoms with Crippen LogP contribution in [0.15, 0.2) is 28.2 Å². The van der Waals surface area contributed by atoms with Crippen LogP contribution in [-0.2, 0) is 0 Å². The van der Waals surface area contributed by atoms with Crippen LogP contribution >= 0.6 is 0 Å². The second-order valence-corrected chi connectivity index (χ2v) is 2.46. The molecule has 0 unspecified atom stereocenters. The minimum Gasteiger partial charge on any atom is -0.457 e. The van der Waals surface area contributed by atoms with E-state index >= 15 is 0 Å². The average Bonchev–Trinajstić information content (AvgIpc) is 2.22. The molecular formula is C9H8O. The first-order valence-electron chi connectivity index (χ1n) is 3.31. The molecule has 10 heavy (non-hydrogen) atoms. The molecule has 2 bridgehead atoms. The van der Waals surface area contributed by atoms with Crippen molar-refractivity contribution in [2.24, 2.45) is 0 Å². The fourth-order valence-corrected chi connectivity index (χ4v) is 1.02. The fraction of sp³-hybridized carbons (Fsp3) is 0.111. The third kappa shape index (κ3) is 0.798. The predicted molar refractivity (Wildman–Crippen MR) is 40.6 cm³/mol. The lowest BCUT2D eigenvalue weighted by atomic mass is 10.2. The van der Waals surface area contributed by atoms with E-state index in [9.17, 15) is 0 Å². The van der Waals surface area contributed by atoms with E-state index < -0.39 is 0 Å². The summed E-state index contributed by atoms with van der Waals surface area (Å²) < 4.78 is 5.35. The normalized spacial score (nSPS) is 14.7. The van der Waals surface area contributed by atoms with Gasteiger partial charge in [0.05, 0.1) is 0 Å². The van der Waals surface area contributed by atoms with Gasteiger partial charge in [0.25, 0.3) is 0 Å². The van der Waals surface area contributed by atoms with Gasteiger partial charge in [-0.2, -0.15) is 0 Å². The van der Waals surface area contributed by atoms with E-state index in [1.807, 2.05) is 30.4 Å². The van der Waals surface area contributed by atoms with Crippen LogP contribution in [0.25, 0.3) is 12.2 Å². The number of rotatable bonds is 0. The monoisotopic (exact) mass is 132 g/mol. The van der Waals surface area contributed by atoms with Gasteiger partial charge in [0, 0.05) is 0 Å². The molecule has 0 N–H and O–H groups in total. The summed E-state index contributed by atoms with van der Waals surface area (Å²) in [5.74, 6) is 0. The van der Waals surface area contributed by atoms with Crippen molar-refractivity contribution in [3.63, 3.8) is 0 Å². The molecule has 1 heteroatoms. The zero-order valence-corrected chi connectivity index (χ0v) is 5.79. The van der Waals surface area contributed by atoms with Gasteiger partial charge in [0.1, 0.15) is 10.8 Å². The van der Waals surface area contributed by atoms with E-state index in [4.69, 9.17) is 4.42 Å². The van der Waals surface area contributed by atoms with Crippen molar-refractivity contribution in [3.8, 4) is 0 Å². The molecule has 50 valence electrons. The molecule has 0 fully saturated rings. The first kappa shape index (κ1) is 5.54. The van der Waals surface area contributed by atoms with E-state index in [0.717, 1.165) is 10.8 Å². The van der Waals surface area contributed by atoms with Crippen LogP contribution in [0, 0.1) is 0 Å². The van der Waals surface area contributed by atoms with Crippen LogP contribution in [0.5, 0.6) is 0 Å². The maximum absolute atomic E-state index is 5.35. The molecule has 1 nitrogen and oxygen atoms in total. The Morgan fingerprint density at radius 3 is 2.80 bits per heavy atom. The molecule has 1 aromatic rings. The number of fused-ring (bicyclic) bond motifs is 2. The van der Waals surface area contributed by atoms with E-state index in [-0.39, 0.29) is 0 Å². The lowest BCUT2D eigenvalue weighted by Crippen LogP contribution is -1.95. The quantitative estimate of drug-likeness (QED) is 0.509. The number of hydrogen-bond donors (Lipinski definition) is 0. The predicted octanol–water partition coefficient (Wildman–Crippen LogP) is 0.800. The van der Waals surface area contributed by atoms with Crippen molar-refractivity contribution in [1.82, 2.24) is 0 Å². The van der Waals surface area contributed by atoms with Crippen LogP contribution in [0.2, 0.25) is 0 Å². The maximum Gasteiger partial charge on any atom is 0.127 e. The Morgan fingerprint density at radius 1 is 1.10 bits per heavy atom. The first-order chi connectivity index (χ1) is 4.84. The van der Waals surface area contributed by atoms with E-state index in [1.165, 1.54) is 5.57 Å². The second kappa shape index (κ2) is 1.87. The Morgan fingerprint density at radius 2 is 1.90 bits per heavy atom. The van der Waals surface area contributed by atoms with Gasteiger partial charge in [-0.3, -0.25) is 0 Å². The largest absolute Gasteiger partial charge is 0.457 e.